The minimum Gasteiger partial charge on any atom is -0.444 e. The van der Waals surface area contributed by atoms with Crippen LogP contribution in [0.2, 0.25) is 0 Å². The lowest BCUT2D eigenvalue weighted by atomic mass is 9.87. The summed E-state index contributed by atoms with van der Waals surface area (Å²) < 4.78 is 5.58. The Labute approximate surface area is 136 Å². The van der Waals surface area contributed by atoms with E-state index >= 15 is 0 Å². The zero-order valence-electron chi connectivity index (χ0n) is 14.9. The number of carbonyl (C=O) groups is 1. The second-order valence-corrected chi connectivity index (χ2v) is 8.20. The Morgan fingerprint density at radius 3 is 2.64 bits per heavy atom. The zero-order valence-corrected chi connectivity index (χ0v) is 14.9. The van der Waals surface area contributed by atoms with E-state index in [1.165, 1.54) is 32.1 Å². The number of hydrogen-bond donors (Lipinski definition) is 1. The molecule has 2 aliphatic rings. The summed E-state index contributed by atoms with van der Waals surface area (Å²) in [6.45, 7) is 9.91. The molecule has 0 aromatic heterocycles. The number of nitrogens with zero attached hydrogens (tertiary/aromatic N) is 1. The van der Waals surface area contributed by atoms with Gasteiger partial charge in [-0.1, -0.05) is 19.8 Å². The third-order valence-corrected chi connectivity index (χ3v) is 4.83. The van der Waals surface area contributed by atoms with Crippen molar-refractivity contribution in [1.29, 1.82) is 0 Å². The van der Waals surface area contributed by atoms with Gasteiger partial charge in [-0.05, 0) is 58.8 Å². The quantitative estimate of drug-likeness (QED) is 0.858. The highest BCUT2D eigenvalue weighted by atomic mass is 16.6. The van der Waals surface area contributed by atoms with Gasteiger partial charge in [0.1, 0.15) is 5.60 Å². The summed E-state index contributed by atoms with van der Waals surface area (Å²) in [5.41, 5.74) is -0.411. The van der Waals surface area contributed by atoms with Crippen LogP contribution < -0.4 is 5.32 Å². The molecule has 128 valence electrons. The first-order valence-corrected chi connectivity index (χ1v) is 9.08. The van der Waals surface area contributed by atoms with Gasteiger partial charge in [-0.2, -0.15) is 0 Å². The number of piperidine rings is 1. The molecule has 22 heavy (non-hydrogen) atoms. The van der Waals surface area contributed by atoms with Crippen LogP contribution in [0.5, 0.6) is 0 Å². The minimum absolute atomic E-state index is 0.143. The fourth-order valence-corrected chi connectivity index (χ4v) is 3.70. The van der Waals surface area contributed by atoms with Gasteiger partial charge in [0.25, 0.3) is 0 Å². The highest BCUT2D eigenvalue weighted by molar-refractivity contribution is 5.68. The fourth-order valence-electron chi connectivity index (χ4n) is 3.70. The summed E-state index contributed by atoms with van der Waals surface area (Å²) in [6.07, 6.45) is 8.52. The molecule has 1 saturated heterocycles. The van der Waals surface area contributed by atoms with Crippen molar-refractivity contribution in [2.45, 2.75) is 90.3 Å². The van der Waals surface area contributed by atoms with Gasteiger partial charge in [0.2, 0.25) is 0 Å². The van der Waals surface area contributed by atoms with Crippen LogP contribution in [0.3, 0.4) is 0 Å². The lowest BCUT2D eigenvalue weighted by Gasteiger charge is -2.38. The van der Waals surface area contributed by atoms with E-state index in [0.717, 1.165) is 31.8 Å². The first-order valence-electron chi connectivity index (χ1n) is 9.08. The van der Waals surface area contributed by atoms with Crippen LogP contribution in [0.1, 0.15) is 72.6 Å². The van der Waals surface area contributed by atoms with E-state index in [0.29, 0.717) is 12.1 Å². The third-order valence-electron chi connectivity index (χ3n) is 4.83. The Balaban J connectivity index is 1.85. The molecule has 1 saturated carbocycles. The molecule has 3 atom stereocenters. The van der Waals surface area contributed by atoms with Crippen LogP contribution in [0.15, 0.2) is 0 Å². The van der Waals surface area contributed by atoms with E-state index in [2.05, 4.69) is 12.2 Å². The van der Waals surface area contributed by atoms with Gasteiger partial charge < -0.3 is 15.0 Å². The molecule has 4 nitrogen and oxygen atoms in total. The van der Waals surface area contributed by atoms with Crippen molar-refractivity contribution in [2.24, 2.45) is 5.92 Å². The van der Waals surface area contributed by atoms with E-state index < -0.39 is 5.60 Å². The maximum Gasteiger partial charge on any atom is 0.410 e. The predicted molar refractivity (Wildman–Crippen MR) is 90.0 cm³/mol. The highest BCUT2D eigenvalue weighted by Gasteiger charge is 2.31. The van der Waals surface area contributed by atoms with Crippen molar-refractivity contribution in [1.82, 2.24) is 10.2 Å². The van der Waals surface area contributed by atoms with Crippen molar-refractivity contribution >= 4 is 6.09 Å². The van der Waals surface area contributed by atoms with Crippen LogP contribution in [0, 0.1) is 5.92 Å². The van der Waals surface area contributed by atoms with Crippen LogP contribution in [0.4, 0.5) is 4.79 Å². The molecule has 3 unspecified atom stereocenters. The molecule has 0 radical (unpaired) electrons. The molecule has 1 aliphatic carbocycles. The molecule has 2 rings (SSSR count). The Morgan fingerprint density at radius 1 is 1.18 bits per heavy atom. The first kappa shape index (κ1) is 17.6. The van der Waals surface area contributed by atoms with E-state index in [1.807, 2.05) is 25.7 Å². The van der Waals surface area contributed by atoms with Gasteiger partial charge in [-0.3, -0.25) is 0 Å². The van der Waals surface area contributed by atoms with E-state index in [4.69, 9.17) is 4.74 Å². The number of nitrogens with one attached hydrogen (secondary N) is 1. The van der Waals surface area contributed by atoms with Crippen molar-refractivity contribution < 1.29 is 9.53 Å². The smallest absolute Gasteiger partial charge is 0.410 e. The normalized spacial score (nSPS) is 30.2. The Hall–Kier alpha value is -0.770. The van der Waals surface area contributed by atoms with Crippen molar-refractivity contribution in [3.8, 4) is 0 Å². The molecule has 0 spiro atoms. The van der Waals surface area contributed by atoms with Gasteiger partial charge >= 0.3 is 6.09 Å². The van der Waals surface area contributed by atoms with Gasteiger partial charge in [-0.25, -0.2) is 4.79 Å². The Bertz CT molecular complexity index is 365. The molecular weight excluding hydrogens is 276 g/mol. The topological polar surface area (TPSA) is 41.6 Å². The van der Waals surface area contributed by atoms with E-state index in [9.17, 15) is 4.79 Å². The zero-order chi connectivity index (χ0) is 16.2. The number of ether oxygens (including phenoxy) is 1. The largest absolute Gasteiger partial charge is 0.444 e. The highest BCUT2D eigenvalue weighted by Crippen LogP contribution is 2.24. The average molecular weight is 310 g/mol. The average Bonchev–Trinajstić information content (AvgIpc) is 2.44. The summed E-state index contributed by atoms with van der Waals surface area (Å²) in [4.78, 5) is 14.4. The molecule has 2 fully saturated rings. The summed E-state index contributed by atoms with van der Waals surface area (Å²) in [5.74, 6) is 0.833. The maximum absolute atomic E-state index is 12.4. The van der Waals surface area contributed by atoms with E-state index in [1.54, 1.807) is 0 Å². The molecule has 1 N–H and O–H groups in total. The molecule has 4 heteroatoms. The molecular formula is C18H34N2O2. The minimum atomic E-state index is -0.411. The molecule has 0 aromatic carbocycles. The summed E-state index contributed by atoms with van der Waals surface area (Å²) in [6, 6.07) is 0.923. The standard InChI is InChI=1S/C18H34N2O2/c1-14-8-7-9-15(12-14)19-13-16-10-5-6-11-20(16)17(21)22-18(2,3)4/h14-16,19H,5-13H2,1-4H3. The second kappa shape index (κ2) is 7.67. The molecule has 0 bridgehead atoms. The summed E-state index contributed by atoms with van der Waals surface area (Å²) in [5, 5.41) is 3.72. The number of likely N-dealkylation sites (tertiary alicyclic amines) is 1. The van der Waals surface area contributed by atoms with Crippen molar-refractivity contribution in [3.63, 3.8) is 0 Å². The number of rotatable bonds is 3. The first-order chi connectivity index (χ1) is 10.3. The fraction of sp³-hybridized carbons (Fsp3) is 0.944. The molecule has 0 aromatic rings. The third kappa shape index (κ3) is 5.45. The molecule has 1 heterocycles. The number of amides is 1. The lowest BCUT2D eigenvalue weighted by molar-refractivity contribution is 0.00943. The van der Waals surface area contributed by atoms with Crippen molar-refractivity contribution in [2.75, 3.05) is 13.1 Å². The van der Waals surface area contributed by atoms with E-state index in [-0.39, 0.29) is 6.09 Å². The summed E-state index contributed by atoms with van der Waals surface area (Å²) >= 11 is 0. The van der Waals surface area contributed by atoms with Crippen LogP contribution in [-0.2, 0) is 4.74 Å². The monoisotopic (exact) mass is 310 g/mol. The Morgan fingerprint density at radius 2 is 1.95 bits per heavy atom. The van der Waals surface area contributed by atoms with Gasteiger partial charge in [0.05, 0.1) is 0 Å². The molecule has 1 aliphatic heterocycles. The lowest BCUT2D eigenvalue weighted by Crippen LogP contribution is -2.51. The second-order valence-electron chi connectivity index (χ2n) is 8.20. The molecule has 1 amide bonds. The maximum atomic E-state index is 12.4. The SMILES string of the molecule is CC1CCCC(NCC2CCCCN2C(=O)OC(C)(C)C)C1. The van der Waals surface area contributed by atoms with Crippen LogP contribution in [-0.4, -0.2) is 41.8 Å². The van der Waals surface area contributed by atoms with Crippen molar-refractivity contribution in [3.05, 3.63) is 0 Å². The van der Waals surface area contributed by atoms with Gasteiger partial charge in [0.15, 0.2) is 0 Å². The predicted octanol–water partition coefficient (Wildman–Crippen LogP) is 3.94. The summed E-state index contributed by atoms with van der Waals surface area (Å²) in [7, 11) is 0. The number of hydrogen-bond acceptors (Lipinski definition) is 3. The Kier molecular flexibility index (Phi) is 6.13. The van der Waals surface area contributed by atoms with Gasteiger partial charge in [-0.15, -0.1) is 0 Å². The van der Waals surface area contributed by atoms with Crippen LogP contribution in [0.25, 0.3) is 0 Å². The number of carbonyl (C=O) groups excluding carboxylic acids is 1. The van der Waals surface area contributed by atoms with Crippen LogP contribution >= 0.6 is 0 Å². The van der Waals surface area contributed by atoms with Gasteiger partial charge in [0, 0.05) is 25.2 Å².